The Morgan fingerprint density at radius 3 is 2.26 bits per heavy atom. The number of benzene rings is 3. The van der Waals surface area contributed by atoms with Crippen LogP contribution in [0.2, 0.25) is 0 Å². The third kappa shape index (κ3) is 5.77. The summed E-state index contributed by atoms with van der Waals surface area (Å²) in [5.41, 5.74) is 2.07. The summed E-state index contributed by atoms with van der Waals surface area (Å²) in [6, 6.07) is 22.8. The molecule has 9 nitrogen and oxygen atoms in total. The van der Waals surface area contributed by atoms with Gasteiger partial charge >= 0.3 is 10.2 Å². The monoisotopic (exact) mass is 532 g/mol. The Balaban J connectivity index is 1.74. The minimum absolute atomic E-state index is 0.0353. The average molecular weight is 533 g/mol. The lowest BCUT2D eigenvalue weighted by molar-refractivity contribution is -0.117. The predicted octanol–water partition coefficient (Wildman–Crippen LogP) is 3.39. The highest BCUT2D eigenvalue weighted by Gasteiger charge is 2.22. The Labute approximate surface area is 221 Å². The first kappa shape index (κ1) is 26.6. The maximum absolute atomic E-state index is 13.3. The van der Waals surface area contributed by atoms with Crippen molar-refractivity contribution in [1.29, 1.82) is 0 Å². The van der Waals surface area contributed by atoms with E-state index in [1.54, 1.807) is 48.5 Å². The zero-order chi connectivity index (χ0) is 27.3. The van der Waals surface area contributed by atoms with Crippen LogP contribution in [0.1, 0.15) is 21.5 Å². The summed E-state index contributed by atoms with van der Waals surface area (Å²) in [6.07, 6.45) is 2.91. The number of nitrogens with zero attached hydrogens (tertiary/aromatic N) is 2. The van der Waals surface area contributed by atoms with Gasteiger partial charge in [-0.05, 0) is 42.0 Å². The van der Waals surface area contributed by atoms with E-state index in [0.29, 0.717) is 27.8 Å². The number of nitrogens with one attached hydrogen (secondary N) is 2. The Bertz CT molecular complexity index is 1590. The second-order valence-electron chi connectivity index (χ2n) is 8.60. The Morgan fingerprint density at radius 2 is 1.61 bits per heavy atom. The molecule has 196 valence electrons. The first-order valence-electron chi connectivity index (χ1n) is 11.7. The molecule has 0 aliphatic carbocycles. The molecular weight excluding hydrogens is 504 g/mol. The van der Waals surface area contributed by atoms with Crippen molar-refractivity contribution in [3.63, 3.8) is 0 Å². The molecule has 0 radical (unpaired) electrons. The number of ether oxygens (including phenoxy) is 1. The summed E-state index contributed by atoms with van der Waals surface area (Å²) >= 11 is 0. The molecule has 0 fully saturated rings. The molecule has 0 bridgehead atoms. The van der Waals surface area contributed by atoms with Crippen molar-refractivity contribution < 1.29 is 22.7 Å². The molecule has 0 atom stereocenters. The topological polar surface area (TPSA) is 110 Å². The fourth-order valence-electron chi connectivity index (χ4n) is 3.78. The number of hydrogen-bond acceptors (Lipinski definition) is 5. The van der Waals surface area contributed by atoms with Gasteiger partial charge in [-0.25, -0.2) is 3.97 Å². The highest BCUT2D eigenvalue weighted by atomic mass is 32.2. The smallest absolute Gasteiger partial charge is 0.307 e. The van der Waals surface area contributed by atoms with E-state index in [9.17, 15) is 18.0 Å². The average Bonchev–Trinajstić information content (AvgIpc) is 3.31. The Morgan fingerprint density at radius 1 is 0.947 bits per heavy atom. The first-order chi connectivity index (χ1) is 18.2. The fraction of sp³-hybridized carbons (Fsp3) is 0.143. The van der Waals surface area contributed by atoms with Gasteiger partial charge in [0.2, 0.25) is 0 Å². The van der Waals surface area contributed by atoms with E-state index in [2.05, 4.69) is 10.6 Å². The third-order valence-corrected chi connectivity index (χ3v) is 7.58. The lowest BCUT2D eigenvalue weighted by atomic mass is 10.1. The summed E-state index contributed by atoms with van der Waals surface area (Å²) in [5, 5.41) is 6.12. The van der Waals surface area contributed by atoms with Crippen molar-refractivity contribution in [3.05, 3.63) is 107 Å². The molecule has 0 spiro atoms. The lowest BCUT2D eigenvalue weighted by Crippen LogP contribution is -2.34. The molecule has 0 aliphatic heterocycles. The van der Waals surface area contributed by atoms with Crippen LogP contribution in [0, 0.1) is 0 Å². The highest BCUT2D eigenvalue weighted by molar-refractivity contribution is 7.87. The maximum Gasteiger partial charge on any atom is 0.307 e. The van der Waals surface area contributed by atoms with Gasteiger partial charge in [0.25, 0.3) is 11.8 Å². The van der Waals surface area contributed by atoms with Gasteiger partial charge in [-0.1, -0.05) is 48.5 Å². The summed E-state index contributed by atoms with van der Waals surface area (Å²) in [4.78, 5) is 26.3. The van der Waals surface area contributed by atoms with E-state index in [0.717, 1.165) is 13.8 Å². The van der Waals surface area contributed by atoms with E-state index < -0.39 is 22.0 Å². The van der Waals surface area contributed by atoms with Crippen molar-refractivity contribution in [1.82, 2.24) is 18.9 Å². The molecule has 10 heteroatoms. The fourth-order valence-corrected chi connectivity index (χ4v) is 4.79. The number of rotatable bonds is 9. The molecule has 0 saturated carbocycles. The van der Waals surface area contributed by atoms with Gasteiger partial charge in [-0.2, -0.15) is 12.7 Å². The summed E-state index contributed by atoms with van der Waals surface area (Å²) in [6.45, 7) is 0.242. The second kappa shape index (κ2) is 11.3. The van der Waals surface area contributed by atoms with Gasteiger partial charge in [-0.3, -0.25) is 9.59 Å². The van der Waals surface area contributed by atoms with Crippen LogP contribution in [-0.4, -0.2) is 49.7 Å². The molecule has 3 aromatic carbocycles. The second-order valence-corrected chi connectivity index (χ2v) is 10.6. The van der Waals surface area contributed by atoms with Crippen LogP contribution >= 0.6 is 0 Å². The number of fused-ring (bicyclic) bond motifs is 1. The summed E-state index contributed by atoms with van der Waals surface area (Å²) < 4.78 is 33.3. The van der Waals surface area contributed by atoms with Crippen molar-refractivity contribution >= 4 is 39.0 Å². The van der Waals surface area contributed by atoms with Gasteiger partial charge in [0.1, 0.15) is 11.4 Å². The number of methoxy groups -OCH3 is 1. The predicted molar refractivity (Wildman–Crippen MR) is 147 cm³/mol. The number of carbonyl (C=O) groups excluding carboxylic acids is 2. The molecule has 0 saturated heterocycles. The quantitative estimate of drug-likeness (QED) is 0.321. The maximum atomic E-state index is 13.3. The van der Waals surface area contributed by atoms with Gasteiger partial charge in [0, 0.05) is 43.4 Å². The molecule has 2 N–H and O–H groups in total. The van der Waals surface area contributed by atoms with Crippen molar-refractivity contribution in [2.24, 2.45) is 0 Å². The first-order valence-corrected chi connectivity index (χ1v) is 13.1. The molecule has 4 rings (SSSR count). The molecule has 0 unspecified atom stereocenters. The van der Waals surface area contributed by atoms with Crippen molar-refractivity contribution in [2.45, 2.75) is 6.54 Å². The molecule has 4 aromatic rings. The largest absolute Gasteiger partial charge is 0.497 e. The minimum Gasteiger partial charge on any atom is -0.497 e. The molecule has 38 heavy (non-hydrogen) atoms. The number of para-hydroxylation sites is 1. The number of hydrogen-bond donors (Lipinski definition) is 2. The van der Waals surface area contributed by atoms with Gasteiger partial charge in [0.05, 0.1) is 12.6 Å². The van der Waals surface area contributed by atoms with Crippen molar-refractivity contribution in [3.8, 4) is 5.75 Å². The van der Waals surface area contributed by atoms with Crippen LogP contribution in [0.15, 0.2) is 90.8 Å². The van der Waals surface area contributed by atoms with Crippen LogP contribution in [0.3, 0.4) is 0 Å². The minimum atomic E-state index is -3.84. The molecule has 0 aliphatic rings. The third-order valence-electron chi connectivity index (χ3n) is 5.86. The van der Waals surface area contributed by atoms with Crippen LogP contribution in [-0.2, 0) is 21.5 Å². The Hall–Kier alpha value is -4.41. The van der Waals surface area contributed by atoms with Crippen molar-refractivity contribution in [2.75, 3.05) is 21.2 Å². The molecule has 2 amide bonds. The van der Waals surface area contributed by atoms with E-state index in [1.165, 1.54) is 33.5 Å². The highest BCUT2D eigenvalue weighted by Crippen LogP contribution is 2.25. The van der Waals surface area contributed by atoms with Crippen LogP contribution in [0.5, 0.6) is 5.75 Å². The lowest BCUT2D eigenvalue weighted by Gasteiger charge is -2.13. The normalized spacial score (nSPS) is 11.9. The number of amides is 2. The number of carbonyl (C=O) groups is 2. The molecular formula is C28H28N4O5S. The summed E-state index contributed by atoms with van der Waals surface area (Å²) in [5.74, 6) is -0.436. The summed E-state index contributed by atoms with van der Waals surface area (Å²) in [7, 11) is 0.574. The van der Waals surface area contributed by atoms with E-state index in [-0.39, 0.29) is 12.2 Å². The Kier molecular flexibility index (Phi) is 7.94. The zero-order valence-corrected chi connectivity index (χ0v) is 22.0. The SMILES string of the molecule is COc1ccc(C(=O)NC(=Cc2cn(S(=O)(=O)N(C)C)c3ccccc23)C(=O)NCc2ccccc2)cc1. The van der Waals surface area contributed by atoms with Gasteiger partial charge < -0.3 is 15.4 Å². The van der Waals surface area contributed by atoms with E-state index >= 15 is 0 Å². The van der Waals surface area contributed by atoms with Gasteiger partial charge in [0.15, 0.2) is 0 Å². The number of aromatic nitrogens is 1. The van der Waals surface area contributed by atoms with E-state index in [1.807, 2.05) is 30.3 Å². The van der Waals surface area contributed by atoms with Crippen LogP contribution in [0.25, 0.3) is 17.0 Å². The van der Waals surface area contributed by atoms with E-state index in [4.69, 9.17) is 4.74 Å². The standard InChI is InChI=1S/C28H28N4O5S/c1-31(2)38(35,36)32-19-22(24-11-7-8-12-26(24)32)17-25(28(34)29-18-20-9-5-4-6-10-20)30-27(33)21-13-15-23(37-3)16-14-21/h4-17,19H,18H2,1-3H3,(H,29,34)(H,30,33). The molecule has 1 heterocycles. The van der Waals surface area contributed by atoms with Crippen LogP contribution < -0.4 is 15.4 Å². The zero-order valence-electron chi connectivity index (χ0n) is 21.2. The van der Waals surface area contributed by atoms with Gasteiger partial charge in [-0.15, -0.1) is 0 Å². The van der Waals surface area contributed by atoms with Crippen LogP contribution in [0.4, 0.5) is 0 Å². The molecule has 1 aromatic heterocycles.